The first-order valence-corrected chi connectivity index (χ1v) is 13.0. The zero-order valence-electron chi connectivity index (χ0n) is 21.5. The van der Waals surface area contributed by atoms with E-state index < -0.39 is 11.8 Å². The molecule has 3 N–H and O–H groups in total. The van der Waals surface area contributed by atoms with E-state index in [-0.39, 0.29) is 18.6 Å². The molecular weight excluding hydrogens is 482 g/mol. The van der Waals surface area contributed by atoms with Crippen molar-refractivity contribution in [2.75, 3.05) is 18.6 Å². The molecule has 1 unspecified atom stereocenters. The van der Waals surface area contributed by atoms with Gasteiger partial charge in [0, 0.05) is 23.9 Å². The highest BCUT2D eigenvalue weighted by Crippen LogP contribution is 2.39. The van der Waals surface area contributed by atoms with Gasteiger partial charge in [-0.05, 0) is 79.6 Å². The van der Waals surface area contributed by atoms with Gasteiger partial charge >= 0.3 is 0 Å². The van der Waals surface area contributed by atoms with Crippen molar-refractivity contribution in [1.29, 1.82) is 0 Å². The van der Waals surface area contributed by atoms with Gasteiger partial charge in [0.2, 0.25) is 5.91 Å². The van der Waals surface area contributed by atoms with Crippen molar-refractivity contribution in [1.82, 2.24) is 5.43 Å². The molecule has 0 aromatic heterocycles. The highest BCUT2D eigenvalue weighted by Gasteiger charge is 2.35. The zero-order valence-corrected chi connectivity index (χ0v) is 21.5. The fourth-order valence-electron chi connectivity index (χ4n) is 5.26. The minimum Gasteiger partial charge on any atom is -0.493 e. The van der Waals surface area contributed by atoms with Crippen molar-refractivity contribution in [3.8, 4) is 17.2 Å². The van der Waals surface area contributed by atoms with Crippen molar-refractivity contribution in [2.45, 2.75) is 50.7 Å². The number of nitrogen functional groups attached to an aromatic ring is 1. The smallest absolute Gasteiger partial charge is 0.265 e. The van der Waals surface area contributed by atoms with E-state index in [1.54, 1.807) is 24.1 Å². The predicted octanol–water partition coefficient (Wildman–Crippen LogP) is 4.72. The number of methoxy groups -OCH3 is 1. The third-order valence-electron chi connectivity index (χ3n) is 7.22. The van der Waals surface area contributed by atoms with Crippen molar-refractivity contribution < 1.29 is 23.8 Å². The number of ether oxygens (including phenoxy) is 3. The second-order valence-corrected chi connectivity index (χ2v) is 9.73. The van der Waals surface area contributed by atoms with E-state index in [0.29, 0.717) is 30.0 Å². The molecule has 3 aromatic carbocycles. The second kappa shape index (κ2) is 11.6. The number of rotatable bonds is 9. The minimum atomic E-state index is -0.418. The van der Waals surface area contributed by atoms with Gasteiger partial charge in [0.25, 0.3) is 5.91 Å². The van der Waals surface area contributed by atoms with Crippen molar-refractivity contribution in [3.63, 3.8) is 0 Å². The van der Waals surface area contributed by atoms with Gasteiger partial charge in [0.15, 0.2) is 11.5 Å². The molecule has 8 nitrogen and oxygen atoms in total. The Morgan fingerprint density at radius 3 is 2.53 bits per heavy atom. The monoisotopic (exact) mass is 515 g/mol. The van der Waals surface area contributed by atoms with Crippen LogP contribution in [-0.4, -0.2) is 31.6 Å². The third kappa shape index (κ3) is 5.60. The number of carbonyl (C=O) groups excluding carboxylic acids is 2. The number of benzene rings is 3. The summed E-state index contributed by atoms with van der Waals surface area (Å²) in [5, 5.41) is 0. The first kappa shape index (κ1) is 25.6. The Hall–Kier alpha value is -4.04. The fourth-order valence-corrected chi connectivity index (χ4v) is 5.26. The third-order valence-corrected chi connectivity index (χ3v) is 7.22. The molecule has 38 heavy (non-hydrogen) atoms. The van der Waals surface area contributed by atoms with E-state index in [4.69, 9.17) is 20.1 Å². The molecule has 0 bridgehead atoms. The Balaban J connectivity index is 1.38. The summed E-state index contributed by atoms with van der Waals surface area (Å²) in [6.07, 6.45) is 5.18. The lowest BCUT2D eigenvalue weighted by Gasteiger charge is -2.21. The van der Waals surface area contributed by atoms with Gasteiger partial charge in [0.1, 0.15) is 12.4 Å². The van der Waals surface area contributed by atoms with Crippen LogP contribution < -0.4 is 30.4 Å². The van der Waals surface area contributed by atoms with E-state index in [1.807, 2.05) is 54.6 Å². The van der Waals surface area contributed by atoms with Crippen molar-refractivity contribution in [3.05, 3.63) is 83.4 Å². The second-order valence-electron chi connectivity index (χ2n) is 9.73. The first-order chi connectivity index (χ1) is 18.6. The molecule has 3 aromatic rings. The Kier molecular flexibility index (Phi) is 7.79. The summed E-state index contributed by atoms with van der Waals surface area (Å²) in [5.74, 6) is 6.63. The molecule has 1 saturated carbocycles. The Morgan fingerprint density at radius 2 is 1.79 bits per heavy atom. The van der Waals surface area contributed by atoms with Gasteiger partial charge in [0.05, 0.1) is 19.1 Å². The highest BCUT2D eigenvalue weighted by molar-refractivity contribution is 6.01. The van der Waals surface area contributed by atoms with Crippen LogP contribution in [0.5, 0.6) is 17.2 Å². The summed E-state index contributed by atoms with van der Waals surface area (Å²) in [5.41, 5.74) is 4.90. The average molecular weight is 516 g/mol. The highest BCUT2D eigenvalue weighted by atomic mass is 16.5. The number of para-hydroxylation sites is 1. The maximum Gasteiger partial charge on any atom is 0.265 e. The maximum atomic E-state index is 13.7. The standard InChI is InChI=1S/C30H33N3O5/c1-36-27-12-11-23(18-28(27)38-25-9-5-6-10-25)33-14-13-26(30(33)35)21-15-20(16-22(17-21)29(34)32-31)19-37-24-7-3-2-4-8-24/h2-4,7-8,11-12,15-18,25-26H,5-6,9-10,13-14,19,31H2,1H3,(H,32,34). The summed E-state index contributed by atoms with van der Waals surface area (Å²) >= 11 is 0. The molecule has 0 spiro atoms. The number of nitrogens with two attached hydrogens (primary N) is 1. The molecule has 2 fully saturated rings. The molecular formula is C30H33N3O5. The average Bonchev–Trinajstić information content (AvgIpc) is 3.61. The first-order valence-electron chi connectivity index (χ1n) is 13.0. The summed E-state index contributed by atoms with van der Waals surface area (Å²) < 4.78 is 17.7. The Morgan fingerprint density at radius 1 is 1.00 bits per heavy atom. The lowest BCUT2D eigenvalue weighted by Crippen LogP contribution is -2.30. The number of nitrogens with zero attached hydrogens (tertiary/aromatic N) is 1. The van der Waals surface area contributed by atoms with Crippen LogP contribution >= 0.6 is 0 Å². The van der Waals surface area contributed by atoms with Crippen molar-refractivity contribution >= 4 is 17.5 Å². The van der Waals surface area contributed by atoms with Crippen LogP contribution in [0.1, 0.15) is 59.5 Å². The number of anilines is 1. The predicted molar refractivity (Wildman–Crippen MR) is 144 cm³/mol. The Bertz CT molecular complexity index is 1290. The van der Waals surface area contributed by atoms with Crippen LogP contribution in [0.3, 0.4) is 0 Å². The molecule has 2 amide bonds. The molecule has 1 aliphatic carbocycles. The topological polar surface area (TPSA) is 103 Å². The molecule has 1 heterocycles. The van der Waals surface area contributed by atoms with Gasteiger partial charge < -0.3 is 19.1 Å². The quantitative estimate of drug-likeness (QED) is 0.243. The van der Waals surface area contributed by atoms with Gasteiger partial charge in [-0.25, -0.2) is 5.84 Å². The van der Waals surface area contributed by atoms with E-state index >= 15 is 0 Å². The molecule has 1 aliphatic heterocycles. The van der Waals surface area contributed by atoms with E-state index in [1.165, 1.54) is 12.8 Å². The summed E-state index contributed by atoms with van der Waals surface area (Å²) in [6.45, 7) is 0.815. The van der Waals surface area contributed by atoms with Gasteiger partial charge in [-0.15, -0.1) is 0 Å². The number of amides is 2. The summed E-state index contributed by atoms with van der Waals surface area (Å²) in [7, 11) is 1.62. The number of hydrogen-bond donors (Lipinski definition) is 2. The van der Waals surface area contributed by atoms with E-state index in [9.17, 15) is 9.59 Å². The largest absolute Gasteiger partial charge is 0.493 e. The molecule has 1 atom stereocenters. The van der Waals surface area contributed by atoms with E-state index in [2.05, 4.69) is 5.43 Å². The van der Waals surface area contributed by atoms with Crippen LogP contribution in [0.25, 0.3) is 0 Å². The van der Waals surface area contributed by atoms with Gasteiger partial charge in [-0.1, -0.05) is 24.3 Å². The molecule has 1 saturated heterocycles. The number of hydrazine groups is 1. The van der Waals surface area contributed by atoms with Crippen LogP contribution in [0.4, 0.5) is 5.69 Å². The van der Waals surface area contributed by atoms with Crippen LogP contribution in [0.15, 0.2) is 66.7 Å². The lowest BCUT2D eigenvalue weighted by molar-refractivity contribution is -0.118. The van der Waals surface area contributed by atoms with Crippen molar-refractivity contribution in [2.24, 2.45) is 5.84 Å². The Labute approximate surface area is 222 Å². The number of nitrogens with one attached hydrogen (secondary N) is 1. The van der Waals surface area contributed by atoms with Crippen LogP contribution in [0.2, 0.25) is 0 Å². The summed E-state index contributed by atoms with van der Waals surface area (Å²) in [4.78, 5) is 27.9. The molecule has 8 heteroatoms. The molecule has 5 rings (SSSR count). The molecule has 198 valence electrons. The van der Waals surface area contributed by atoms with Crippen LogP contribution in [0, 0.1) is 0 Å². The zero-order chi connectivity index (χ0) is 26.5. The molecule has 0 radical (unpaired) electrons. The van der Waals surface area contributed by atoms with Crippen LogP contribution in [-0.2, 0) is 11.4 Å². The fraction of sp³-hybridized carbons (Fsp3) is 0.333. The van der Waals surface area contributed by atoms with Gasteiger partial charge in [-0.2, -0.15) is 0 Å². The number of hydrogen-bond acceptors (Lipinski definition) is 6. The van der Waals surface area contributed by atoms with Gasteiger partial charge in [-0.3, -0.25) is 15.0 Å². The normalized spacial score (nSPS) is 17.5. The minimum absolute atomic E-state index is 0.0257. The summed E-state index contributed by atoms with van der Waals surface area (Å²) in [6, 6.07) is 20.5. The number of carbonyl (C=O) groups is 2. The molecule has 2 aliphatic rings. The lowest BCUT2D eigenvalue weighted by atomic mass is 9.93. The maximum absolute atomic E-state index is 13.7. The van der Waals surface area contributed by atoms with E-state index in [0.717, 1.165) is 35.4 Å². The SMILES string of the molecule is COc1ccc(N2CCC(c3cc(COc4ccccc4)cc(C(=O)NN)c3)C2=O)cc1OC1CCCC1.